The third-order valence-corrected chi connectivity index (χ3v) is 11.3. The van der Waals surface area contributed by atoms with Gasteiger partial charge in [0.2, 0.25) is 0 Å². The SMILES string of the molecule is COC(=O)c1ccc(NC(=O)c2cc(C)cn2Cc2csc(-c3cn[nH]c3)n2)cc1.COC(=O)c1ccc(NC(=O)c2cc(C)cn2Cc2csc(Br)n2)cc1.OB(O)c1cn[nH]c1. The lowest BCUT2D eigenvalue weighted by Crippen LogP contribution is -2.28. The van der Waals surface area contributed by atoms with Crippen LogP contribution >= 0.6 is 38.6 Å². The Morgan fingerprint density at radius 2 is 1.20 bits per heavy atom. The second-order valence-electron chi connectivity index (χ2n) is 13.7. The molecule has 0 unspecified atom stereocenters. The van der Waals surface area contributed by atoms with Crippen molar-refractivity contribution in [2.24, 2.45) is 0 Å². The molecule has 6 aromatic heterocycles. The van der Waals surface area contributed by atoms with Gasteiger partial charge < -0.3 is 39.3 Å². The number of hydrogen-bond donors (Lipinski definition) is 6. The number of halogens is 1. The summed E-state index contributed by atoms with van der Waals surface area (Å²) in [6, 6.07) is 16.8. The quantitative estimate of drug-likeness (QED) is 0.0617. The topological polar surface area (TPSA) is 244 Å². The molecular weight excluding hydrogens is 927 g/mol. The van der Waals surface area contributed by atoms with Crippen LogP contribution in [0.15, 0.2) is 113 Å². The fourth-order valence-electron chi connectivity index (χ4n) is 5.95. The number of aryl methyl sites for hydroxylation is 2. The Labute approximate surface area is 382 Å². The molecule has 0 atom stereocenters. The molecule has 0 spiro atoms. The first-order valence-corrected chi connectivity index (χ1v) is 21.6. The van der Waals surface area contributed by atoms with Crippen LogP contribution in [0.5, 0.6) is 0 Å². The van der Waals surface area contributed by atoms with Crippen molar-refractivity contribution in [3.63, 3.8) is 0 Å². The van der Waals surface area contributed by atoms with Gasteiger partial charge in [-0.05, 0) is 102 Å². The number of hydrogen-bond acceptors (Lipinski definition) is 14. The molecule has 0 saturated heterocycles. The Kier molecular flexibility index (Phi) is 15.9. The van der Waals surface area contributed by atoms with Crippen LogP contribution in [0.1, 0.15) is 64.2 Å². The lowest BCUT2D eigenvalue weighted by Gasteiger charge is -2.09. The zero-order valence-corrected chi connectivity index (χ0v) is 37.8. The van der Waals surface area contributed by atoms with Gasteiger partial charge >= 0.3 is 19.1 Å². The molecule has 0 bridgehead atoms. The number of anilines is 2. The Balaban J connectivity index is 0.000000182. The molecule has 0 saturated carbocycles. The molecule has 8 aromatic rings. The molecule has 22 heteroatoms. The van der Waals surface area contributed by atoms with Gasteiger partial charge in [0, 0.05) is 64.1 Å². The van der Waals surface area contributed by atoms with Gasteiger partial charge in [0.1, 0.15) is 16.4 Å². The molecule has 2 amide bonds. The Morgan fingerprint density at radius 3 is 1.61 bits per heavy atom. The minimum Gasteiger partial charge on any atom is -0.465 e. The van der Waals surface area contributed by atoms with Crippen molar-refractivity contribution in [3.8, 4) is 10.6 Å². The predicted octanol–water partition coefficient (Wildman–Crippen LogP) is 5.92. The number of aromatic nitrogens is 8. The number of carbonyl (C=O) groups excluding carboxylic acids is 4. The van der Waals surface area contributed by atoms with E-state index in [1.54, 1.807) is 60.9 Å². The maximum atomic E-state index is 12.9. The summed E-state index contributed by atoms with van der Waals surface area (Å²) in [5.41, 5.74) is 8.15. The summed E-state index contributed by atoms with van der Waals surface area (Å²) in [4.78, 5) is 57.5. The van der Waals surface area contributed by atoms with Crippen LogP contribution in [0.3, 0.4) is 0 Å². The summed E-state index contributed by atoms with van der Waals surface area (Å²) >= 11 is 6.39. The van der Waals surface area contributed by atoms with Crippen molar-refractivity contribution < 1.29 is 38.7 Å². The number of rotatable bonds is 12. The van der Waals surface area contributed by atoms with Crippen LogP contribution in [-0.4, -0.2) is 94.6 Å². The molecule has 328 valence electrons. The molecule has 6 heterocycles. The summed E-state index contributed by atoms with van der Waals surface area (Å²) in [6.45, 7) is 4.87. The highest BCUT2D eigenvalue weighted by atomic mass is 79.9. The van der Waals surface area contributed by atoms with Gasteiger partial charge in [-0.3, -0.25) is 19.8 Å². The van der Waals surface area contributed by atoms with E-state index in [-0.39, 0.29) is 11.8 Å². The van der Waals surface area contributed by atoms with Gasteiger partial charge in [-0.15, -0.1) is 22.7 Å². The molecular formula is C42H40BBrN10O8S2. The van der Waals surface area contributed by atoms with Crippen molar-refractivity contribution >= 4 is 86.3 Å². The van der Waals surface area contributed by atoms with Gasteiger partial charge in [-0.1, -0.05) is 0 Å². The molecule has 6 N–H and O–H groups in total. The van der Waals surface area contributed by atoms with E-state index in [2.05, 4.69) is 66.4 Å². The summed E-state index contributed by atoms with van der Waals surface area (Å²) in [5, 5.41) is 40.0. The molecule has 8 rings (SSSR count). The number of carbonyl (C=O) groups is 4. The van der Waals surface area contributed by atoms with Gasteiger partial charge in [-0.2, -0.15) is 10.2 Å². The van der Waals surface area contributed by atoms with Gasteiger partial charge in [-0.25, -0.2) is 19.6 Å². The first-order chi connectivity index (χ1) is 30.8. The van der Waals surface area contributed by atoms with Crippen LogP contribution in [0.4, 0.5) is 11.4 Å². The largest absolute Gasteiger partial charge is 0.491 e. The molecule has 0 radical (unpaired) electrons. The van der Waals surface area contributed by atoms with E-state index in [4.69, 9.17) is 10.0 Å². The van der Waals surface area contributed by atoms with Crippen molar-refractivity contribution in [3.05, 3.63) is 158 Å². The van der Waals surface area contributed by atoms with E-state index in [1.807, 2.05) is 58.3 Å². The number of methoxy groups -OCH3 is 2. The zero-order chi connectivity index (χ0) is 45.8. The van der Waals surface area contributed by atoms with Gasteiger partial charge in [0.25, 0.3) is 11.8 Å². The highest BCUT2D eigenvalue weighted by Gasteiger charge is 2.17. The number of aromatic amines is 2. The van der Waals surface area contributed by atoms with Gasteiger partial charge in [0.15, 0.2) is 3.92 Å². The number of nitrogens with one attached hydrogen (secondary N) is 4. The second-order valence-corrected chi connectivity index (χ2v) is 16.7. The number of H-pyrrole nitrogens is 2. The Morgan fingerprint density at radius 1 is 0.719 bits per heavy atom. The minimum absolute atomic E-state index is 0.224. The van der Waals surface area contributed by atoms with Crippen LogP contribution < -0.4 is 16.1 Å². The molecule has 0 aliphatic heterocycles. The molecule has 0 aliphatic carbocycles. The predicted molar refractivity (Wildman–Crippen MR) is 246 cm³/mol. The highest BCUT2D eigenvalue weighted by Crippen LogP contribution is 2.24. The smallest absolute Gasteiger partial charge is 0.465 e. The van der Waals surface area contributed by atoms with E-state index >= 15 is 0 Å². The normalized spacial score (nSPS) is 10.5. The van der Waals surface area contributed by atoms with Crippen LogP contribution in [0, 0.1) is 13.8 Å². The summed E-state index contributed by atoms with van der Waals surface area (Å²) in [5.74, 6) is -1.30. The Bertz CT molecular complexity index is 2800. The summed E-state index contributed by atoms with van der Waals surface area (Å²) in [6.07, 6.45) is 10.1. The summed E-state index contributed by atoms with van der Waals surface area (Å²) in [7, 11) is 1.25. The van der Waals surface area contributed by atoms with E-state index in [9.17, 15) is 19.2 Å². The lowest BCUT2D eigenvalue weighted by atomic mass is 9.83. The van der Waals surface area contributed by atoms with Crippen molar-refractivity contribution in [2.45, 2.75) is 26.9 Å². The minimum atomic E-state index is -1.41. The molecule has 2 aromatic carbocycles. The van der Waals surface area contributed by atoms with E-state index in [1.165, 1.54) is 49.3 Å². The fraction of sp³-hybridized carbons (Fsp3) is 0.143. The van der Waals surface area contributed by atoms with E-state index < -0.39 is 19.1 Å². The summed E-state index contributed by atoms with van der Waals surface area (Å²) < 4.78 is 13.9. The van der Waals surface area contributed by atoms with Crippen molar-refractivity contribution in [1.29, 1.82) is 0 Å². The van der Waals surface area contributed by atoms with E-state index in [0.29, 0.717) is 52.4 Å². The van der Waals surface area contributed by atoms with E-state index in [0.717, 1.165) is 37.0 Å². The third kappa shape index (κ3) is 12.6. The number of thiazole rings is 2. The number of esters is 2. The standard InChI is InChI=1S/C21H19N5O3S.C18H16BrN3O3S.C3H5BN2O2/c1-13-7-18(19(27)24-16-5-3-14(4-6-16)21(28)29-2)26(10-13)11-17-12-30-20(25-17)15-8-22-23-9-15;1-11-7-15(22(8-11)9-14-10-26-18(19)21-14)16(23)20-13-5-3-12(4-6-13)17(24)25-2;7-4(8)3-1-5-6-2-3/h3-10,12H,11H2,1-2H3,(H,22,23)(H,24,27);3-8,10H,9H2,1-2H3,(H,20,23);1-2,7-8H,(H,5,6). The number of amides is 2. The van der Waals surface area contributed by atoms with Crippen molar-refractivity contribution in [1.82, 2.24) is 39.5 Å². The average molecular weight is 968 g/mol. The lowest BCUT2D eigenvalue weighted by molar-refractivity contribution is 0.0592. The Hall–Kier alpha value is -6.98. The van der Waals surface area contributed by atoms with Crippen LogP contribution in [0.25, 0.3) is 10.6 Å². The third-order valence-electron chi connectivity index (χ3n) is 8.96. The maximum absolute atomic E-state index is 12.9. The number of ether oxygens (including phenoxy) is 2. The molecule has 64 heavy (non-hydrogen) atoms. The monoisotopic (exact) mass is 966 g/mol. The first kappa shape index (κ1) is 46.5. The highest BCUT2D eigenvalue weighted by molar-refractivity contribution is 9.11. The molecule has 18 nitrogen and oxygen atoms in total. The van der Waals surface area contributed by atoms with Crippen molar-refractivity contribution in [2.75, 3.05) is 24.9 Å². The van der Waals surface area contributed by atoms with Crippen LogP contribution in [0.2, 0.25) is 0 Å². The average Bonchev–Trinajstić information content (AvgIpc) is 4.15. The molecule has 0 aliphatic rings. The maximum Gasteiger partial charge on any atom is 0.491 e. The van der Waals surface area contributed by atoms with Crippen LogP contribution in [-0.2, 0) is 22.6 Å². The van der Waals surface area contributed by atoms with Gasteiger partial charge in [0.05, 0.1) is 56.0 Å². The second kappa shape index (κ2) is 21.9. The zero-order valence-electron chi connectivity index (χ0n) is 34.6. The number of nitrogens with zero attached hydrogens (tertiary/aromatic N) is 6. The fourth-order valence-corrected chi connectivity index (χ4v) is 7.78. The molecule has 0 fully saturated rings. The number of benzene rings is 2. The first-order valence-electron chi connectivity index (χ1n) is 19.0.